The lowest BCUT2D eigenvalue weighted by atomic mass is 10.2. The first kappa shape index (κ1) is 11.2. The Morgan fingerprint density at radius 3 is 2.73 bits per heavy atom. The number of carbonyl (C=O) groups is 2. The Morgan fingerprint density at radius 1 is 1.67 bits per heavy atom. The maximum Gasteiger partial charge on any atom is 0.308 e. The SMILES string of the molecule is CC(=O)N(CC(C)C(=O)O)c1ncn[nH]1. The summed E-state index contributed by atoms with van der Waals surface area (Å²) in [4.78, 5) is 26.9. The third-order valence-electron chi connectivity index (χ3n) is 1.92. The summed E-state index contributed by atoms with van der Waals surface area (Å²) in [5.41, 5.74) is 0. The molecule has 1 rings (SSSR count). The van der Waals surface area contributed by atoms with E-state index in [9.17, 15) is 9.59 Å². The summed E-state index contributed by atoms with van der Waals surface area (Å²) in [6.45, 7) is 2.94. The minimum absolute atomic E-state index is 0.0693. The lowest BCUT2D eigenvalue weighted by Gasteiger charge is -2.19. The predicted molar refractivity (Wildman–Crippen MR) is 51.2 cm³/mol. The summed E-state index contributed by atoms with van der Waals surface area (Å²) >= 11 is 0. The molecule has 0 aliphatic rings. The van der Waals surface area contributed by atoms with Crippen LogP contribution in [0.1, 0.15) is 13.8 Å². The van der Waals surface area contributed by atoms with Gasteiger partial charge in [-0.25, -0.2) is 5.10 Å². The number of aliphatic carboxylic acids is 1. The van der Waals surface area contributed by atoms with E-state index < -0.39 is 11.9 Å². The summed E-state index contributed by atoms with van der Waals surface area (Å²) in [5.74, 6) is -1.63. The maximum absolute atomic E-state index is 11.2. The quantitative estimate of drug-likeness (QED) is 0.724. The Labute approximate surface area is 86.1 Å². The van der Waals surface area contributed by atoms with Crippen LogP contribution in [0.25, 0.3) is 0 Å². The average Bonchev–Trinajstić information content (AvgIpc) is 2.65. The zero-order valence-electron chi connectivity index (χ0n) is 8.47. The van der Waals surface area contributed by atoms with E-state index in [1.54, 1.807) is 0 Å². The van der Waals surface area contributed by atoms with Gasteiger partial charge in [0.05, 0.1) is 5.92 Å². The first-order valence-corrected chi connectivity index (χ1v) is 4.38. The second-order valence-corrected chi connectivity index (χ2v) is 3.18. The molecule has 1 aromatic rings. The Hall–Kier alpha value is -1.92. The van der Waals surface area contributed by atoms with Crippen molar-refractivity contribution in [3.63, 3.8) is 0 Å². The summed E-state index contributed by atoms with van der Waals surface area (Å²) in [7, 11) is 0. The van der Waals surface area contributed by atoms with E-state index in [1.165, 1.54) is 25.1 Å². The second-order valence-electron chi connectivity index (χ2n) is 3.18. The molecule has 82 valence electrons. The van der Waals surface area contributed by atoms with Gasteiger partial charge in [0, 0.05) is 13.5 Å². The van der Waals surface area contributed by atoms with Gasteiger partial charge < -0.3 is 5.11 Å². The van der Waals surface area contributed by atoms with E-state index in [2.05, 4.69) is 15.2 Å². The van der Waals surface area contributed by atoms with Crippen LogP contribution in [0.15, 0.2) is 6.33 Å². The van der Waals surface area contributed by atoms with Crippen LogP contribution < -0.4 is 4.90 Å². The minimum Gasteiger partial charge on any atom is -0.481 e. The highest BCUT2D eigenvalue weighted by Gasteiger charge is 2.21. The van der Waals surface area contributed by atoms with Gasteiger partial charge in [0.2, 0.25) is 11.9 Å². The highest BCUT2D eigenvalue weighted by molar-refractivity contribution is 5.90. The molecule has 0 aliphatic heterocycles. The van der Waals surface area contributed by atoms with Crippen LogP contribution >= 0.6 is 0 Å². The van der Waals surface area contributed by atoms with Crippen molar-refractivity contribution in [3.05, 3.63) is 6.33 Å². The van der Waals surface area contributed by atoms with Crippen LogP contribution in [0.4, 0.5) is 5.95 Å². The molecular weight excluding hydrogens is 200 g/mol. The number of aromatic amines is 1. The molecule has 1 aromatic heterocycles. The molecule has 0 radical (unpaired) electrons. The van der Waals surface area contributed by atoms with Crippen molar-refractivity contribution in [3.8, 4) is 0 Å². The number of anilines is 1. The summed E-state index contributed by atoms with van der Waals surface area (Å²) in [5, 5.41) is 14.8. The molecule has 15 heavy (non-hydrogen) atoms. The zero-order chi connectivity index (χ0) is 11.4. The topological polar surface area (TPSA) is 99.2 Å². The van der Waals surface area contributed by atoms with Gasteiger partial charge in [0.1, 0.15) is 6.33 Å². The van der Waals surface area contributed by atoms with Crippen LogP contribution in [0.2, 0.25) is 0 Å². The van der Waals surface area contributed by atoms with Crippen molar-refractivity contribution in [1.82, 2.24) is 15.2 Å². The van der Waals surface area contributed by atoms with Crippen LogP contribution in [0, 0.1) is 5.92 Å². The number of rotatable bonds is 4. The maximum atomic E-state index is 11.2. The Kier molecular flexibility index (Phi) is 3.37. The molecule has 0 aliphatic carbocycles. The van der Waals surface area contributed by atoms with E-state index in [0.29, 0.717) is 0 Å². The van der Waals surface area contributed by atoms with Gasteiger partial charge >= 0.3 is 5.97 Å². The van der Waals surface area contributed by atoms with Gasteiger partial charge in [-0.2, -0.15) is 10.1 Å². The number of amides is 1. The summed E-state index contributed by atoms with van der Waals surface area (Å²) < 4.78 is 0. The largest absolute Gasteiger partial charge is 0.481 e. The van der Waals surface area contributed by atoms with Crippen LogP contribution in [0.5, 0.6) is 0 Å². The van der Waals surface area contributed by atoms with Crippen LogP contribution in [-0.4, -0.2) is 38.7 Å². The van der Waals surface area contributed by atoms with Crippen molar-refractivity contribution < 1.29 is 14.7 Å². The second kappa shape index (κ2) is 4.54. The summed E-state index contributed by atoms with van der Waals surface area (Å²) in [6.07, 6.45) is 1.26. The molecule has 0 saturated carbocycles. The molecule has 0 spiro atoms. The van der Waals surface area contributed by atoms with Gasteiger partial charge in [0.25, 0.3) is 0 Å². The molecule has 0 bridgehead atoms. The molecule has 2 N–H and O–H groups in total. The van der Waals surface area contributed by atoms with Crippen molar-refractivity contribution >= 4 is 17.8 Å². The molecule has 7 nitrogen and oxygen atoms in total. The zero-order valence-corrected chi connectivity index (χ0v) is 8.47. The van der Waals surface area contributed by atoms with Crippen LogP contribution in [0.3, 0.4) is 0 Å². The van der Waals surface area contributed by atoms with E-state index in [-0.39, 0.29) is 18.4 Å². The Morgan fingerprint density at radius 2 is 2.33 bits per heavy atom. The first-order valence-electron chi connectivity index (χ1n) is 4.38. The smallest absolute Gasteiger partial charge is 0.308 e. The monoisotopic (exact) mass is 212 g/mol. The number of nitrogens with zero attached hydrogens (tertiary/aromatic N) is 3. The lowest BCUT2D eigenvalue weighted by molar-refractivity contribution is -0.140. The number of carbonyl (C=O) groups excluding carboxylic acids is 1. The highest BCUT2D eigenvalue weighted by atomic mass is 16.4. The third-order valence-corrected chi connectivity index (χ3v) is 1.92. The van der Waals surface area contributed by atoms with E-state index in [1.807, 2.05) is 0 Å². The van der Waals surface area contributed by atoms with Gasteiger partial charge in [-0.05, 0) is 0 Å². The normalized spacial score (nSPS) is 12.1. The fourth-order valence-electron chi connectivity index (χ4n) is 1.05. The van der Waals surface area contributed by atoms with Crippen molar-refractivity contribution in [1.29, 1.82) is 0 Å². The number of hydrogen-bond acceptors (Lipinski definition) is 4. The molecule has 0 aromatic carbocycles. The summed E-state index contributed by atoms with van der Waals surface area (Å²) in [6, 6.07) is 0. The van der Waals surface area contributed by atoms with Gasteiger partial charge in [-0.1, -0.05) is 6.92 Å². The molecular formula is C8H12N4O3. The number of hydrogen-bond donors (Lipinski definition) is 2. The highest BCUT2D eigenvalue weighted by Crippen LogP contribution is 2.08. The average molecular weight is 212 g/mol. The molecule has 0 saturated heterocycles. The van der Waals surface area contributed by atoms with E-state index in [0.717, 1.165) is 0 Å². The fourth-order valence-corrected chi connectivity index (χ4v) is 1.05. The molecule has 1 unspecified atom stereocenters. The molecule has 7 heteroatoms. The minimum atomic E-state index is -0.958. The lowest BCUT2D eigenvalue weighted by Crippen LogP contribution is -2.36. The third kappa shape index (κ3) is 2.76. The standard InChI is InChI=1S/C8H12N4O3/c1-5(7(14)15)3-12(6(2)13)8-9-4-10-11-8/h4-5H,3H2,1-2H3,(H,14,15)(H,9,10,11). The number of carboxylic acids is 1. The van der Waals surface area contributed by atoms with E-state index >= 15 is 0 Å². The molecule has 1 heterocycles. The molecule has 0 fully saturated rings. The number of carboxylic acid groups (broad SMARTS) is 1. The predicted octanol–water partition coefficient (Wildman–Crippen LogP) is -0.122. The number of H-pyrrole nitrogens is 1. The van der Waals surface area contributed by atoms with Gasteiger partial charge in [-0.15, -0.1) is 0 Å². The molecule has 1 amide bonds. The Bertz CT molecular complexity index is 349. The van der Waals surface area contributed by atoms with Crippen molar-refractivity contribution in [2.24, 2.45) is 5.92 Å². The fraction of sp³-hybridized carbons (Fsp3) is 0.500. The van der Waals surface area contributed by atoms with E-state index in [4.69, 9.17) is 5.11 Å². The van der Waals surface area contributed by atoms with Gasteiger partial charge in [0.15, 0.2) is 0 Å². The van der Waals surface area contributed by atoms with Crippen molar-refractivity contribution in [2.75, 3.05) is 11.4 Å². The Balaban J connectivity index is 2.77. The number of nitrogens with one attached hydrogen (secondary N) is 1. The first-order chi connectivity index (χ1) is 7.02. The molecule has 1 atom stereocenters. The van der Waals surface area contributed by atoms with Gasteiger partial charge in [-0.3, -0.25) is 14.5 Å². The van der Waals surface area contributed by atoms with Crippen molar-refractivity contribution in [2.45, 2.75) is 13.8 Å². The van der Waals surface area contributed by atoms with Crippen LogP contribution in [-0.2, 0) is 9.59 Å². The number of aromatic nitrogens is 3.